The van der Waals surface area contributed by atoms with Crippen molar-refractivity contribution in [2.45, 2.75) is 58.6 Å². The van der Waals surface area contributed by atoms with E-state index >= 15 is 0 Å². The first-order chi connectivity index (χ1) is 18.0. The predicted molar refractivity (Wildman–Crippen MR) is 151 cm³/mol. The van der Waals surface area contributed by atoms with E-state index in [-0.39, 0.29) is 17.7 Å². The Hall–Kier alpha value is -3.93. The molecule has 1 amide bonds. The van der Waals surface area contributed by atoms with Crippen LogP contribution in [-0.2, 0) is 11.3 Å². The van der Waals surface area contributed by atoms with Gasteiger partial charge in [0.2, 0.25) is 0 Å². The molecule has 0 spiro atoms. The summed E-state index contributed by atoms with van der Waals surface area (Å²) < 4.78 is 11.4. The molecule has 0 bridgehead atoms. The van der Waals surface area contributed by atoms with Crippen LogP contribution in [0.25, 0.3) is 11.1 Å². The third-order valence-electron chi connectivity index (χ3n) is 6.08. The summed E-state index contributed by atoms with van der Waals surface area (Å²) in [5.41, 5.74) is 9.90. The topological polar surface area (TPSA) is 85.6 Å². The maximum Gasteiger partial charge on any atom is 0.273 e. The maximum absolute atomic E-state index is 12.5. The van der Waals surface area contributed by atoms with Crippen LogP contribution in [0.3, 0.4) is 0 Å². The van der Waals surface area contributed by atoms with Gasteiger partial charge in [-0.25, -0.2) is 0 Å². The molecule has 1 unspecified atom stereocenters. The van der Waals surface area contributed by atoms with Gasteiger partial charge in [-0.05, 0) is 65.9 Å². The van der Waals surface area contributed by atoms with Crippen molar-refractivity contribution in [3.05, 3.63) is 90.3 Å². The highest BCUT2D eigenvalue weighted by Crippen LogP contribution is 2.25. The van der Waals surface area contributed by atoms with Gasteiger partial charge in [-0.3, -0.25) is 4.79 Å². The lowest BCUT2D eigenvalue weighted by Gasteiger charge is -2.18. The molecular weight excluding hydrogens is 462 g/mol. The van der Waals surface area contributed by atoms with E-state index in [4.69, 9.17) is 15.2 Å². The number of rotatable bonds is 14. The largest absolute Gasteiger partial charge is 0.497 e. The zero-order valence-corrected chi connectivity index (χ0v) is 22.1. The summed E-state index contributed by atoms with van der Waals surface area (Å²) in [7, 11) is 1.63. The van der Waals surface area contributed by atoms with Gasteiger partial charge in [0, 0.05) is 18.4 Å². The Morgan fingerprint density at radius 3 is 2.27 bits per heavy atom. The minimum Gasteiger partial charge on any atom is -0.497 e. The van der Waals surface area contributed by atoms with Gasteiger partial charge in [0.25, 0.3) is 5.91 Å². The number of anilines is 1. The first-order valence-electron chi connectivity index (χ1n) is 13.0. The highest BCUT2D eigenvalue weighted by Gasteiger charge is 2.10. The van der Waals surface area contributed by atoms with Crippen molar-refractivity contribution < 1.29 is 14.3 Å². The SMILES string of the molecule is CCCCC(CCC)Oc1ccc(-c2ccc(NC(=O)/C(N)=C/NCc3cccc(OC)c3)cc2)cc1. The molecular formula is C31H39N3O3. The van der Waals surface area contributed by atoms with Gasteiger partial charge in [0.05, 0.1) is 13.2 Å². The number of amides is 1. The summed E-state index contributed by atoms with van der Waals surface area (Å²) >= 11 is 0. The van der Waals surface area contributed by atoms with Gasteiger partial charge in [-0.1, -0.05) is 69.5 Å². The van der Waals surface area contributed by atoms with E-state index in [2.05, 4.69) is 36.6 Å². The molecule has 0 saturated carbocycles. The Balaban J connectivity index is 1.52. The van der Waals surface area contributed by atoms with Crippen LogP contribution in [0.5, 0.6) is 11.5 Å². The van der Waals surface area contributed by atoms with Gasteiger partial charge < -0.3 is 25.8 Å². The summed E-state index contributed by atoms with van der Waals surface area (Å²) in [4.78, 5) is 12.5. The van der Waals surface area contributed by atoms with Crippen LogP contribution in [0, 0.1) is 0 Å². The van der Waals surface area contributed by atoms with E-state index in [0.29, 0.717) is 12.2 Å². The monoisotopic (exact) mass is 501 g/mol. The molecule has 37 heavy (non-hydrogen) atoms. The molecule has 0 aliphatic rings. The van der Waals surface area contributed by atoms with Gasteiger partial charge in [-0.2, -0.15) is 0 Å². The molecule has 0 radical (unpaired) electrons. The first-order valence-corrected chi connectivity index (χ1v) is 13.0. The fourth-order valence-electron chi connectivity index (χ4n) is 4.01. The Bertz CT molecular complexity index is 1140. The van der Waals surface area contributed by atoms with Crippen LogP contribution in [0.2, 0.25) is 0 Å². The predicted octanol–water partition coefficient (Wildman–Crippen LogP) is 6.63. The fourth-order valence-corrected chi connectivity index (χ4v) is 4.01. The van der Waals surface area contributed by atoms with Crippen LogP contribution in [0.15, 0.2) is 84.7 Å². The van der Waals surface area contributed by atoms with Crippen molar-refractivity contribution in [3.8, 4) is 22.6 Å². The van der Waals surface area contributed by atoms with E-state index in [1.807, 2.05) is 60.7 Å². The summed E-state index contributed by atoms with van der Waals surface area (Å²) in [5.74, 6) is 1.33. The lowest BCUT2D eigenvalue weighted by molar-refractivity contribution is -0.112. The average Bonchev–Trinajstić information content (AvgIpc) is 2.92. The highest BCUT2D eigenvalue weighted by atomic mass is 16.5. The van der Waals surface area contributed by atoms with Gasteiger partial charge in [0.1, 0.15) is 17.2 Å². The Morgan fingerprint density at radius 2 is 1.62 bits per heavy atom. The van der Waals surface area contributed by atoms with E-state index in [1.54, 1.807) is 7.11 Å². The second-order valence-corrected chi connectivity index (χ2v) is 9.06. The number of benzene rings is 3. The van der Waals surface area contributed by atoms with Crippen molar-refractivity contribution in [1.82, 2.24) is 5.32 Å². The number of hydrogen-bond acceptors (Lipinski definition) is 5. The van der Waals surface area contributed by atoms with Crippen LogP contribution >= 0.6 is 0 Å². The molecule has 196 valence electrons. The van der Waals surface area contributed by atoms with Crippen molar-refractivity contribution in [1.29, 1.82) is 0 Å². The molecule has 6 nitrogen and oxygen atoms in total. The number of carbonyl (C=O) groups is 1. The minimum atomic E-state index is -0.364. The first kappa shape index (κ1) is 27.7. The lowest BCUT2D eigenvalue weighted by Crippen LogP contribution is -2.22. The van der Waals surface area contributed by atoms with Crippen LogP contribution in [-0.4, -0.2) is 19.1 Å². The normalized spacial score (nSPS) is 12.0. The zero-order valence-electron chi connectivity index (χ0n) is 22.1. The number of unbranched alkanes of at least 4 members (excludes halogenated alkanes) is 1. The standard InChI is InChI=1S/C31H39N3O3/c1-4-6-10-27(8-5-2)37-28-18-14-25(15-19-28)24-12-16-26(17-13-24)34-31(35)30(32)22-33-21-23-9-7-11-29(20-23)36-3/h7,9,11-20,22,27,33H,4-6,8,10,21,32H2,1-3H3,(H,34,35)/b30-22-. The van der Waals surface area contributed by atoms with E-state index in [9.17, 15) is 4.79 Å². The molecule has 0 aromatic heterocycles. The maximum atomic E-state index is 12.5. The number of hydrogen-bond donors (Lipinski definition) is 3. The van der Waals surface area contributed by atoms with Crippen molar-refractivity contribution in [2.24, 2.45) is 5.73 Å². The molecule has 0 fully saturated rings. The van der Waals surface area contributed by atoms with E-state index < -0.39 is 0 Å². The molecule has 3 aromatic carbocycles. The Labute approximate surface area is 220 Å². The Kier molecular flexibility index (Phi) is 10.9. The second-order valence-electron chi connectivity index (χ2n) is 9.06. The quantitative estimate of drug-likeness (QED) is 0.216. The minimum absolute atomic E-state index is 0.0999. The number of nitrogens with two attached hydrogens (primary N) is 1. The molecule has 3 rings (SSSR count). The highest BCUT2D eigenvalue weighted by molar-refractivity contribution is 6.03. The summed E-state index contributed by atoms with van der Waals surface area (Å²) in [6, 6.07) is 23.6. The molecule has 0 saturated heterocycles. The second kappa shape index (κ2) is 14.6. The lowest BCUT2D eigenvalue weighted by atomic mass is 10.0. The smallest absolute Gasteiger partial charge is 0.273 e. The molecule has 0 heterocycles. The van der Waals surface area contributed by atoms with Gasteiger partial charge >= 0.3 is 0 Å². The third kappa shape index (κ3) is 8.90. The van der Waals surface area contributed by atoms with Crippen LogP contribution < -0.4 is 25.8 Å². The summed E-state index contributed by atoms with van der Waals surface area (Å²) in [6.07, 6.45) is 7.45. The van der Waals surface area contributed by atoms with E-state index in [1.165, 1.54) is 19.0 Å². The fraction of sp³-hybridized carbons (Fsp3) is 0.323. The molecule has 3 aromatic rings. The van der Waals surface area contributed by atoms with Crippen molar-refractivity contribution in [2.75, 3.05) is 12.4 Å². The average molecular weight is 502 g/mol. The summed E-state index contributed by atoms with van der Waals surface area (Å²) in [5, 5.41) is 5.90. The van der Waals surface area contributed by atoms with Crippen LogP contribution in [0.1, 0.15) is 51.5 Å². The molecule has 0 aliphatic heterocycles. The molecule has 4 N–H and O–H groups in total. The zero-order chi connectivity index (χ0) is 26.5. The van der Waals surface area contributed by atoms with Crippen LogP contribution in [0.4, 0.5) is 5.69 Å². The number of nitrogens with one attached hydrogen (secondary N) is 2. The molecule has 0 aliphatic carbocycles. The third-order valence-corrected chi connectivity index (χ3v) is 6.08. The van der Waals surface area contributed by atoms with Gasteiger partial charge in [-0.15, -0.1) is 0 Å². The number of methoxy groups -OCH3 is 1. The Morgan fingerprint density at radius 1 is 0.919 bits per heavy atom. The number of ether oxygens (including phenoxy) is 2. The van der Waals surface area contributed by atoms with Crippen molar-refractivity contribution in [3.63, 3.8) is 0 Å². The molecule has 1 atom stereocenters. The van der Waals surface area contributed by atoms with Crippen molar-refractivity contribution >= 4 is 11.6 Å². The van der Waals surface area contributed by atoms with Gasteiger partial charge in [0.15, 0.2) is 0 Å². The number of carbonyl (C=O) groups excluding carboxylic acids is 1. The van der Waals surface area contributed by atoms with E-state index in [0.717, 1.165) is 47.5 Å². The molecule has 6 heteroatoms. The summed E-state index contributed by atoms with van der Waals surface area (Å²) in [6.45, 7) is 4.94.